The molecule has 0 bridgehead atoms. The molecular formula is C12H16F3NO2. The standard InChI is InChI=1S/C10H16N.C2HF3O2/c1-3-4-7-11-8-5-6-10(2)9-11;3-2(4,5)1(6)7/h5-6,8-9H,3-4,7H2,1-2H3;(H,6,7)/q+1;/p-1. The molecule has 0 aliphatic rings. The first-order chi connectivity index (χ1) is 8.27. The molecule has 0 atom stereocenters. The Balaban J connectivity index is 0.000000360. The Bertz CT molecular complexity index is 378. The molecule has 0 aromatic carbocycles. The van der Waals surface area contributed by atoms with Gasteiger partial charge in [0.25, 0.3) is 0 Å². The van der Waals surface area contributed by atoms with E-state index in [-0.39, 0.29) is 0 Å². The zero-order chi connectivity index (χ0) is 14.2. The summed E-state index contributed by atoms with van der Waals surface area (Å²) in [4.78, 5) is 8.78. The van der Waals surface area contributed by atoms with Crippen LogP contribution in [0.2, 0.25) is 0 Å². The first kappa shape index (κ1) is 16.4. The molecule has 0 fully saturated rings. The summed E-state index contributed by atoms with van der Waals surface area (Å²) in [6.07, 6.45) is 1.66. The SMILES string of the molecule is CCCC[n+]1cccc(C)c1.O=C([O-])C(F)(F)F. The molecule has 0 N–H and O–H groups in total. The van der Waals surface area contributed by atoms with Crippen LogP contribution in [-0.2, 0) is 11.3 Å². The Hall–Kier alpha value is -1.59. The Morgan fingerprint density at radius 2 is 2.00 bits per heavy atom. The Morgan fingerprint density at radius 1 is 1.44 bits per heavy atom. The summed E-state index contributed by atoms with van der Waals surface area (Å²) in [6, 6.07) is 4.23. The van der Waals surface area contributed by atoms with Crippen LogP contribution in [0.3, 0.4) is 0 Å². The fraction of sp³-hybridized carbons (Fsp3) is 0.500. The van der Waals surface area contributed by atoms with Crippen molar-refractivity contribution in [3.05, 3.63) is 30.1 Å². The van der Waals surface area contributed by atoms with Gasteiger partial charge in [0.2, 0.25) is 0 Å². The van der Waals surface area contributed by atoms with Crippen LogP contribution in [0.5, 0.6) is 0 Å². The third-order valence-corrected chi connectivity index (χ3v) is 2.01. The van der Waals surface area contributed by atoms with Crippen LogP contribution in [-0.4, -0.2) is 12.1 Å². The maximum Gasteiger partial charge on any atom is 0.430 e. The van der Waals surface area contributed by atoms with E-state index in [1.807, 2.05) is 0 Å². The van der Waals surface area contributed by atoms with E-state index < -0.39 is 12.1 Å². The largest absolute Gasteiger partial charge is 0.542 e. The molecule has 102 valence electrons. The number of carboxylic acids is 1. The minimum atomic E-state index is -5.19. The number of halogens is 3. The van der Waals surface area contributed by atoms with Crippen molar-refractivity contribution in [1.82, 2.24) is 0 Å². The van der Waals surface area contributed by atoms with Gasteiger partial charge in [-0.05, 0) is 13.0 Å². The maximum atomic E-state index is 10.5. The van der Waals surface area contributed by atoms with Crippen molar-refractivity contribution in [3.63, 3.8) is 0 Å². The van der Waals surface area contributed by atoms with Gasteiger partial charge in [-0.2, -0.15) is 13.2 Å². The van der Waals surface area contributed by atoms with Crippen molar-refractivity contribution in [3.8, 4) is 0 Å². The zero-order valence-corrected chi connectivity index (χ0v) is 10.3. The number of aliphatic carboxylic acids is 1. The fourth-order valence-corrected chi connectivity index (χ4v) is 1.13. The van der Waals surface area contributed by atoms with Crippen molar-refractivity contribution in [2.75, 3.05) is 0 Å². The molecule has 0 saturated carbocycles. The summed E-state index contributed by atoms with van der Waals surface area (Å²) in [6.45, 7) is 5.50. The summed E-state index contributed by atoms with van der Waals surface area (Å²) < 4.78 is 33.8. The van der Waals surface area contributed by atoms with Gasteiger partial charge in [-0.15, -0.1) is 0 Å². The van der Waals surface area contributed by atoms with E-state index in [0.29, 0.717) is 0 Å². The van der Waals surface area contributed by atoms with Crippen molar-refractivity contribution in [1.29, 1.82) is 0 Å². The van der Waals surface area contributed by atoms with Crippen molar-refractivity contribution in [2.45, 2.75) is 39.4 Å². The lowest BCUT2D eigenvalue weighted by Gasteiger charge is -2.03. The molecule has 1 aromatic rings. The Morgan fingerprint density at radius 3 is 2.39 bits per heavy atom. The fourth-order valence-electron chi connectivity index (χ4n) is 1.13. The number of carbonyl (C=O) groups is 1. The number of hydrogen-bond donors (Lipinski definition) is 0. The third-order valence-electron chi connectivity index (χ3n) is 2.01. The van der Waals surface area contributed by atoms with Gasteiger partial charge >= 0.3 is 6.18 Å². The van der Waals surface area contributed by atoms with Crippen LogP contribution in [0.1, 0.15) is 25.3 Å². The highest BCUT2D eigenvalue weighted by molar-refractivity contribution is 5.70. The Kier molecular flexibility index (Phi) is 7.00. The van der Waals surface area contributed by atoms with Crippen LogP contribution in [0.15, 0.2) is 24.5 Å². The molecule has 1 heterocycles. The number of carboxylic acid groups (broad SMARTS) is 1. The number of aryl methyl sites for hydroxylation is 2. The van der Waals surface area contributed by atoms with Gasteiger partial charge in [0.1, 0.15) is 12.5 Å². The highest BCUT2D eigenvalue weighted by Crippen LogP contribution is 2.11. The number of hydrogen-bond acceptors (Lipinski definition) is 2. The van der Waals surface area contributed by atoms with Gasteiger partial charge < -0.3 is 9.90 Å². The molecule has 0 saturated heterocycles. The molecule has 1 rings (SSSR count). The van der Waals surface area contributed by atoms with Gasteiger partial charge in [0.15, 0.2) is 12.4 Å². The van der Waals surface area contributed by atoms with Crippen molar-refractivity contribution >= 4 is 5.97 Å². The smallest absolute Gasteiger partial charge is 0.430 e. The topological polar surface area (TPSA) is 44.0 Å². The second kappa shape index (κ2) is 7.68. The molecule has 0 unspecified atom stereocenters. The number of nitrogens with zero attached hydrogens (tertiary/aromatic N) is 1. The molecule has 6 heteroatoms. The quantitative estimate of drug-likeness (QED) is 0.773. The third kappa shape index (κ3) is 7.65. The van der Waals surface area contributed by atoms with Gasteiger partial charge in [0.05, 0.1) is 0 Å². The van der Waals surface area contributed by atoms with E-state index in [9.17, 15) is 13.2 Å². The van der Waals surface area contributed by atoms with E-state index in [4.69, 9.17) is 9.90 Å². The first-order valence-corrected chi connectivity index (χ1v) is 5.51. The molecule has 1 aromatic heterocycles. The first-order valence-electron chi connectivity index (χ1n) is 5.51. The predicted molar refractivity (Wildman–Crippen MR) is 57.3 cm³/mol. The predicted octanol–water partition coefficient (Wildman–Crippen LogP) is 1.38. The maximum absolute atomic E-state index is 10.5. The lowest BCUT2D eigenvalue weighted by atomic mass is 10.3. The molecule has 18 heavy (non-hydrogen) atoms. The van der Waals surface area contributed by atoms with Crippen LogP contribution in [0.4, 0.5) is 13.2 Å². The number of pyridine rings is 1. The second-order valence-corrected chi connectivity index (χ2v) is 3.76. The molecule has 0 aliphatic heterocycles. The van der Waals surface area contributed by atoms with Crippen LogP contribution in [0.25, 0.3) is 0 Å². The summed E-state index contributed by atoms with van der Waals surface area (Å²) in [5.74, 6) is -3.01. The number of rotatable bonds is 3. The van der Waals surface area contributed by atoms with Crippen LogP contribution < -0.4 is 9.67 Å². The molecule has 0 radical (unpaired) electrons. The van der Waals surface area contributed by atoms with E-state index >= 15 is 0 Å². The van der Waals surface area contributed by atoms with Gasteiger partial charge in [0, 0.05) is 18.1 Å². The molecule has 0 spiro atoms. The van der Waals surface area contributed by atoms with Gasteiger partial charge in [-0.25, -0.2) is 4.57 Å². The van der Waals surface area contributed by atoms with E-state index in [0.717, 1.165) is 6.54 Å². The second-order valence-electron chi connectivity index (χ2n) is 3.76. The number of aromatic nitrogens is 1. The van der Waals surface area contributed by atoms with Gasteiger partial charge in [-0.3, -0.25) is 0 Å². The van der Waals surface area contributed by atoms with E-state index in [1.165, 1.54) is 18.4 Å². The summed E-state index contributed by atoms with van der Waals surface area (Å²) >= 11 is 0. The van der Waals surface area contributed by atoms with Crippen LogP contribution >= 0.6 is 0 Å². The number of unbranched alkanes of at least 4 members (excludes halogenated alkanes) is 1. The number of alkyl halides is 3. The minimum Gasteiger partial charge on any atom is -0.542 e. The molecular weight excluding hydrogens is 247 g/mol. The summed E-state index contributed by atoms with van der Waals surface area (Å²) in [7, 11) is 0. The average Bonchev–Trinajstić information content (AvgIpc) is 2.26. The molecule has 3 nitrogen and oxygen atoms in total. The van der Waals surface area contributed by atoms with E-state index in [2.05, 4.69) is 42.9 Å². The molecule has 0 amide bonds. The minimum absolute atomic E-state index is 1.15. The number of carbonyl (C=O) groups excluding carboxylic acids is 1. The lowest BCUT2D eigenvalue weighted by Crippen LogP contribution is -2.37. The van der Waals surface area contributed by atoms with Crippen LogP contribution in [0, 0.1) is 6.92 Å². The van der Waals surface area contributed by atoms with Gasteiger partial charge in [-0.1, -0.05) is 13.3 Å². The highest BCUT2D eigenvalue weighted by atomic mass is 19.4. The monoisotopic (exact) mass is 263 g/mol. The summed E-state index contributed by atoms with van der Waals surface area (Å²) in [5, 5.41) is 8.78. The van der Waals surface area contributed by atoms with E-state index in [1.54, 1.807) is 0 Å². The van der Waals surface area contributed by atoms with Crippen molar-refractivity contribution in [2.24, 2.45) is 0 Å². The average molecular weight is 263 g/mol. The normalized spacial score (nSPS) is 10.5. The van der Waals surface area contributed by atoms with Crippen molar-refractivity contribution < 1.29 is 27.6 Å². The Labute approximate surface area is 104 Å². The zero-order valence-electron chi connectivity index (χ0n) is 10.3. The summed E-state index contributed by atoms with van der Waals surface area (Å²) in [5.41, 5.74) is 1.34. The highest BCUT2D eigenvalue weighted by Gasteiger charge is 2.28. The molecule has 0 aliphatic carbocycles. The lowest BCUT2D eigenvalue weighted by molar-refractivity contribution is -0.697.